The van der Waals surface area contributed by atoms with Gasteiger partial charge in [-0.1, -0.05) is 12.1 Å². The quantitative estimate of drug-likeness (QED) is 0.630. The molecule has 72 valence electrons. The van der Waals surface area contributed by atoms with Crippen molar-refractivity contribution in [2.75, 3.05) is 0 Å². The van der Waals surface area contributed by atoms with Crippen molar-refractivity contribution in [3.8, 4) is 11.5 Å². The second-order valence-electron chi connectivity index (χ2n) is 3.14. The van der Waals surface area contributed by atoms with Gasteiger partial charge in [-0.25, -0.2) is 0 Å². The number of hydrogen-bond acceptors (Lipinski definition) is 4. The van der Waals surface area contributed by atoms with Crippen LogP contribution in [0.3, 0.4) is 0 Å². The summed E-state index contributed by atoms with van der Waals surface area (Å²) in [5.74, 6) is 1.49. The van der Waals surface area contributed by atoms with Crippen LogP contribution in [0.25, 0.3) is 0 Å². The lowest BCUT2D eigenvalue weighted by molar-refractivity contribution is 0.516. The third-order valence-corrected chi connectivity index (χ3v) is 2.14. The van der Waals surface area contributed by atoms with Gasteiger partial charge in [-0.05, 0) is 12.1 Å². The topological polar surface area (TPSA) is 44.2 Å². The van der Waals surface area contributed by atoms with Crippen LogP contribution < -0.4 is 14.9 Å². The second-order valence-corrected chi connectivity index (χ2v) is 3.14. The number of para-hydroxylation sites is 2. The molecule has 0 unspecified atom stereocenters. The summed E-state index contributed by atoms with van der Waals surface area (Å²) < 4.78 is 11.1. The predicted octanol–water partition coefficient (Wildman–Crippen LogP) is 0.643. The molecule has 0 radical (unpaired) electrons. The molecule has 1 aromatic heterocycles. The standard InChI is InChI=1S/C10H7BN2O2/c1-2-4-9-8(3-1)14-11(15-9)10-7-12-5-6-13-10/h1-7H. The van der Waals surface area contributed by atoms with E-state index in [2.05, 4.69) is 9.97 Å². The summed E-state index contributed by atoms with van der Waals surface area (Å²) in [6.45, 7) is 0. The van der Waals surface area contributed by atoms with Crippen molar-refractivity contribution < 1.29 is 9.31 Å². The van der Waals surface area contributed by atoms with E-state index in [0.717, 1.165) is 11.5 Å². The fraction of sp³-hybridized carbons (Fsp3) is 0. The molecule has 3 rings (SSSR count). The summed E-state index contributed by atoms with van der Waals surface area (Å²) in [5, 5.41) is 0. The fourth-order valence-electron chi connectivity index (χ4n) is 1.45. The molecule has 0 fully saturated rings. The van der Waals surface area contributed by atoms with Gasteiger partial charge in [0.25, 0.3) is 0 Å². The van der Waals surface area contributed by atoms with Gasteiger partial charge in [-0.15, -0.1) is 0 Å². The maximum atomic E-state index is 5.57. The third kappa shape index (κ3) is 1.42. The second kappa shape index (κ2) is 3.27. The minimum absolute atomic E-state index is 0.476. The lowest BCUT2D eigenvalue weighted by Gasteiger charge is -2.01. The van der Waals surface area contributed by atoms with Gasteiger partial charge in [-0.3, -0.25) is 9.97 Å². The smallest absolute Gasteiger partial charge is 0.518 e. The number of rotatable bonds is 1. The lowest BCUT2D eigenvalue weighted by Crippen LogP contribution is -2.41. The minimum atomic E-state index is -0.476. The Bertz CT molecular complexity index is 453. The maximum absolute atomic E-state index is 5.57. The first-order valence-electron chi connectivity index (χ1n) is 4.62. The van der Waals surface area contributed by atoms with Crippen molar-refractivity contribution in [1.29, 1.82) is 0 Å². The monoisotopic (exact) mass is 198 g/mol. The molecule has 5 heteroatoms. The Labute approximate surface area is 87.0 Å². The predicted molar refractivity (Wildman–Crippen MR) is 55.1 cm³/mol. The van der Waals surface area contributed by atoms with Crippen LogP contribution in [0.2, 0.25) is 0 Å². The molecule has 2 heterocycles. The van der Waals surface area contributed by atoms with Crippen LogP contribution in [0.4, 0.5) is 0 Å². The van der Waals surface area contributed by atoms with Crippen LogP contribution >= 0.6 is 0 Å². The molecule has 0 amide bonds. The zero-order valence-corrected chi connectivity index (χ0v) is 7.83. The molecule has 1 aliphatic rings. The van der Waals surface area contributed by atoms with Gasteiger partial charge >= 0.3 is 7.12 Å². The molecule has 0 saturated heterocycles. The molecular weight excluding hydrogens is 191 g/mol. The van der Waals surface area contributed by atoms with E-state index < -0.39 is 7.12 Å². The van der Waals surface area contributed by atoms with Crippen molar-refractivity contribution in [2.24, 2.45) is 0 Å². The van der Waals surface area contributed by atoms with Crippen molar-refractivity contribution in [3.63, 3.8) is 0 Å². The first-order chi connectivity index (χ1) is 7.43. The minimum Gasteiger partial charge on any atom is -0.518 e. The average molecular weight is 198 g/mol. The summed E-state index contributed by atoms with van der Waals surface area (Å²) in [7, 11) is -0.476. The van der Waals surface area contributed by atoms with Crippen LogP contribution in [-0.4, -0.2) is 17.1 Å². The summed E-state index contributed by atoms with van der Waals surface area (Å²) >= 11 is 0. The summed E-state index contributed by atoms with van der Waals surface area (Å²) in [4.78, 5) is 8.10. The lowest BCUT2D eigenvalue weighted by atomic mass is 9.86. The molecule has 0 atom stereocenters. The van der Waals surface area contributed by atoms with Crippen LogP contribution in [0.15, 0.2) is 42.9 Å². The molecule has 0 spiro atoms. The van der Waals surface area contributed by atoms with Gasteiger partial charge in [0, 0.05) is 18.6 Å². The van der Waals surface area contributed by atoms with E-state index in [1.165, 1.54) is 0 Å². The summed E-state index contributed by atoms with van der Waals surface area (Å²) in [6, 6.07) is 7.54. The molecule has 1 aliphatic heterocycles. The zero-order chi connectivity index (χ0) is 10.1. The Hall–Kier alpha value is -2.04. The van der Waals surface area contributed by atoms with Crippen molar-refractivity contribution in [2.45, 2.75) is 0 Å². The number of hydrogen-bond donors (Lipinski definition) is 0. The van der Waals surface area contributed by atoms with E-state index in [0.29, 0.717) is 5.59 Å². The fourth-order valence-corrected chi connectivity index (χ4v) is 1.45. The Kier molecular flexibility index (Phi) is 1.81. The third-order valence-electron chi connectivity index (χ3n) is 2.14. The van der Waals surface area contributed by atoms with Gasteiger partial charge in [0.05, 0.1) is 0 Å². The van der Waals surface area contributed by atoms with Crippen molar-refractivity contribution in [1.82, 2.24) is 9.97 Å². The van der Waals surface area contributed by atoms with Gasteiger partial charge in [0.2, 0.25) is 0 Å². The highest BCUT2D eigenvalue weighted by Crippen LogP contribution is 2.32. The van der Waals surface area contributed by atoms with E-state index in [9.17, 15) is 0 Å². The highest BCUT2D eigenvalue weighted by molar-refractivity contribution is 6.62. The van der Waals surface area contributed by atoms with Crippen LogP contribution in [0, 0.1) is 0 Å². The van der Waals surface area contributed by atoms with Gasteiger partial charge in [-0.2, -0.15) is 0 Å². The highest BCUT2D eigenvalue weighted by Gasteiger charge is 2.35. The van der Waals surface area contributed by atoms with E-state index in [-0.39, 0.29) is 0 Å². The highest BCUT2D eigenvalue weighted by atomic mass is 16.6. The Balaban J connectivity index is 1.91. The largest absolute Gasteiger partial charge is 0.654 e. The Morgan fingerprint density at radius 3 is 2.33 bits per heavy atom. The maximum Gasteiger partial charge on any atom is 0.654 e. The molecule has 2 aromatic rings. The molecule has 0 bridgehead atoms. The van der Waals surface area contributed by atoms with E-state index >= 15 is 0 Å². The Morgan fingerprint density at radius 2 is 1.73 bits per heavy atom. The number of nitrogens with zero attached hydrogens (tertiary/aromatic N) is 2. The van der Waals surface area contributed by atoms with Crippen LogP contribution in [-0.2, 0) is 0 Å². The van der Waals surface area contributed by atoms with Crippen molar-refractivity contribution in [3.05, 3.63) is 42.9 Å². The average Bonchev–Trinajstić information content (AvgIpc) is 2.74. The van der Waals surface area contributed by atoms with Crippen molar-refractivity contribution >= 4 is 12.7 Å². The molecule has 0 N–H and O–H groups in total. The molecule has 0 saturated carbocycles. The molecule has 15 heavy (non-hydrogen) atoms. The summed E-state index contributed by atoms with van der Waals surface area (Å²) in [5.41, 5.74) is 0.675. The summed E-state index contributed by atoms with van der Waals surface area (Å²) in [6.07, 6.45) is 4.87. The number of fused-ring (bicyclic) bond motifs is 1. The Morgan fingerprint density at radius 1 is 1.00 bits per heavy atom. The van der Waals surface area contributed by atoms with Gasteiger partial charge in [0.1, 0.15) is 17.1 Å². The van der Waals surface area contributed by atoms with Gasteiger partial charge < -0.3 is 9.31 Å². The van der Waals surface area contributed by atoms with Crippen LogP contribution in [0.1, 0.15) is 0 Å². The normalized spacial score (nSPS) is 12.9. The first kappa shape index (κ1) is 8.29. The van der Waals surface area contributed by atoms with E-state index in [1.54, 1.807) is 18.6 Å². The SMILES string of the molecule is c1ccc2c(c1)OB(c1cnccn1)O2. The zero-order valence-electron chi connectivity index (χ0n) is 7.83. The van der Waals surface area contributed by atoms with Crippen LogP contribution in [0.5, 0.6) is 11.5 Å². The van der Waals surface area contributed by atoms with E-state index in [1.807, 2.05) is 24.3 Å². The molecule has 4 nitrogen and oxygen atoms in total. The molecular formula is C10H7BN2O2. The number of aromatic nitrogens is 2. The van der Waals surface area contributed by atoms with E-state index in [4.69, 9.17) is 9.31 Å². The van der Waals surface area contributed by atoms with Gasteiger partial charge in [0.15, 0.2) is 0 Å². The molecule has 0 aliphatic carbocycles. The first-order valence-corrected chi connectivity index (χ1v) is 4.62. The molecule has 1 aromatic carbocycles. The number of benzene rings is 1.